The molecule has 1 aliphatic rings. The first-order chi connectivity index (χ1) is 10.6. The minimum Gasteiger partial charge on any atom is -0.465 e. The van der Waals surface area contributed by atoms with Crippen molar-refractivity contribution < 1.29 is 9.21 Å². The summed E-state index contributed by atoms with van der Waals surface area (Å²) in [5.74, 6) is 3.83. The molecule has 0 radical (unpaired) electrons. The number of rotatable bonds is 4. The van der Waals surface area contributed by atoms with Crippen LogP contribution >= 0.6 is 23.1 Å². The minimum atomic E-state index is -0.0190. The fourth-order valence-electron chi connectivity index (χ4n) is 2.48. The highest BCUT2D eigenvalue weighted by molar-refractivity contribution is 7.99. The van der Waals surface area contributed by atoms with Crippen molar-refractivity contribution in [3.63, 3.8) is 0 Å². The minimum absolute atomic E-state index is 0.0190. The summed E-state index contributed by atoms with van der Waals surface area (Å²) in [6, 6.07) is 4.16. The van der Waals surface area contributed by atoms with Gasteiger partial charge in [-0.25, -0.2) is 4.98 Å². The van der Waals surface area contributed by atoms with Gasteiger partial charge in [0, 0.05) is 23.4 Å². The maximum atomic E-state index is 12.2. The number of amides is 1. The second kappa shape index (κ2) is 6.85. The van der Waals surface area contributed by atoms with Gasteiger partial charge in [0.05, 0.1) is 18.3 Å². The SMILES string of the molecule is Cc1csc(NC(=O)CN2CCSC[C@@H]2c2ccc(C)o2)n1. The number of carbonyl (C=O) groups is 1. The van der Waals surface area contributed by atoms with Gasteiger partial charge in [0.15, 0.2) is 5.13 Å². The fourth-order valence-corrected chi connectivity index (χ4v) is 4.31. The summed E-state index contributed by atoms with van der Waals surface area (Å²) in [5.41, 5.74) is 0.929. The van der Waals surface area contributed by atoms with Crippen LogP contribution in [0.2, 0.25) is 0 Å². The third kappa shape index (κ3) is 3.71. The van der Waals surface area contributed by atoms with Gasteiger partial charge >= 0.3 is 0 Å². The van der Waals surface area contributed by atoms with E-state index in [9.17, 15) is 4.79 Å². The highest BCUT2D eigenvalue weighted by atomic mass is 32.2. The van der Waals surface area contributed by atoms with Gasteiger partial charge in [-0.3, -0.25) is 9.69 Å². The zero-order valence-corrected chi connectivity index (χ0v) is 14.3. The van der Waals surface area contributed by atoms with Crippen molar-refractivity contribution in [1.29, 1.82) is 0 Å². The lowest BCUT2D eigenvalue weighted by Crippen LogP contribution is -2.41. The van der Waals surface area contributed by atoms with Gasteiger partial charge in [-0.2, -0.15) is 11.8 Å². The standard InChI is InChI=1S/C15H19N3O2S2/c1-10-8-22-15(16-10)17-14(19)7-18-5-6-21-9-12(18)13-4-3-11(2)20-13/h3-4,8,12H,5-7,9H2,1-2H3,(H,16,17,19)/t12-/m1/s1. The highest BCUT2D eigenvalue weighted by Gasteiger charge is 2.28. The van der Waals surface area contributed by atoms with E-state index in [1.807, 2.05) is 43.1 Å². The van der Waals surface area contributed by atoms with E-state index in [0.717, 1.165) is 35.3 Å². The van der Waals surface area contributed by atoms with Crippen LogP contribution in [-0.4, -0.2) is 40.4 Å². The highest BCUT2D eigenvalue weighted by Crippen LogP contribution is 2.30. The van der Waals surface area contributed by atoms with Crippen LogP contribution in [0.4, 0.5) is 5.13 Å². The summed E-state index contributed by atoms with van der Waals surface area (Å²) in [7, 11) is 0. The van der Waals surface area contributed by atoms with Crippen molar-refractivity contribution in [3.8, 4) is 0 Å². The molecule has 1 saturated heterocycles. The van der Waals surface area contributed by atoms with Gasteiger partial charge in [-0.05, 0) is 26.0 Å². The van der Waals surface area contributed by atoms with Crippen molar-refractivity contribution in [2.24, 2.45) is 0 Å². The Bertz CT molecular complexity index is 653. The summed E-state index contributed by atoms with van der Waals surface area (Å²) in [6.45, 7) is 5.12. The summed E-state index contributed by atoms with van der Waals surface area (Å²) >= 11 is 3.36. The van der Waals surface area contributed by atoms with Gasteiger partial charge in [0.2, 0.25) is 5.91 Å². The first-order valence-electron chi connectivity index (χ1n) is 7.22. The molecule has 2 aromatic heterocycles. The molecule has 0 unspecified atom stereocenters. The van der Waals surface area contributed by atoms with Crippen LogP contribution in [-0.2, 0) is 4.79 Å². The smallest absolute Gasteiger partial charge is 0.240 e. The average molecular weight is 337 g/mol. The summed E-state index contributed by atoms with van der Waals surface area (Å²) in [5, 5.41) is 5.47. The third-order valence-corrected chi connectivity index (χ3v) is 5.44. The third-order valence-electron chi connectivity index (χ3n) is 3.54. The number of hydrogen-bond donors (Lipinski definition) is 1. The predicted molar refractivity (Wildman–Crippen MR) is 90.6 cm³/mol. The number of nitrogens with one attached hydrogen (secondary N) is 1. The van der Waals surface area contributed by atoms with Crippen LogP contribution in [0.3, 0.4) is 0 Å². The van der Waals surface area contributed by atoms with E-state index in [1.165, 1.54) is 11.3 Å². The number of thioether (sulfide) groups is 1. The Labute approximate surface area is 138 Å². The van der Waals surface area contributed by atoms with E-state index < -0.39 is 0 Å². The number of aromatic nitrogens is 1. The molecular weight excluding hydrogens is 318 g/mol. The molecule has 1 N–H and O–H groups in total. The van der Waals surface area contributed by atoms with E-state index >= 15 is 0 Å². The van der Waals surface area contributed by atoms with Gasteiger partial charge < -0.3 is 9.73 Å². The lowest BCUT2D eigenvalue weighted by Gasteiger charge is -2.33. The molecule has 22 heavy (non-hydrogen) atoms. The predicted octanol–water partition coefficient (Wildman–Crippen LogP) is 3.08. The van der Waals surface area contributed by atoms with Gasteiger partial charge in [0.25, 0.3) is 0 Å². The van der Waals surface area contributed by atoms with Crippen molar-refractivity contribution >= 4 is 34.1 Å². The zero-order valence-electron chi connectivity index (χ0n) is 12.7. The molecule has 0 spiro atoms. The quantitative estimate of drug-likeness (QED) is 0.929. The molecule has 1 amide bonds. The van der Waals surface area contributed by atoms with Crippen molar-refractivity contribution in [1.82, 2.24) is 9.88 Å². The lowest BCUT2D eigenvalue weighted by atomic mass is 10.2. The molecule has 0 saturated carbocycles. The van der Waals surface area contributed by atoms with E-state index in [4.69, 9.17) is 4.42 Å². The number of carbonyl (C=O) groups excluding carboxylic acids is 1. The number of hydrogen-bond acceptors (Lipinski definition) is 6. The summed E-state index contributed by atoms with van der Waals surface area (Å²) in [4.78, 5) is 18.7. The molecule has 1 aliphatic heterocycles. The molecule has 0 bridgehead atoms. The van der Waals surface area contributed by atoms with Crippen LogP contribution in [0.5, 0.6) is 0 Å². The van der Waals surface area contributed by atoms with Gasteiger partial charge in [-0.15, -0.1) is 11.3 Å². The topological polar surface area (TPSA) is 58.4 Å². The molecule has 1 atom stereocenters. The molecule has 3 heterocycles. The molecular formula is C15H19N3O2S2. The Morgan fingerprint density at radius 1 is 1.50 bits per heavy atom. The molecule has 3 rings (SSSR count). The number of anilines is 1. The number of thiazole rings is 1. The molecule has 0 aromatic carbocycles. The average Bonchev–Trinajstić information content (AvgIpc) is 3.08. The van der Waals surface area contributed by atoms with Crippen molar-refractivity contribution in [2.75, 3.05) is 29.9 Å². The van der Waals surface area contributed by atoms with Crippen LogP contribution in [0.25, 0.3) is 0 Å². The van der Waals surface area contributed by atoms with Crippen molar-refractivity contribution in [3.05, 3.63) is 34.7 Å². The maximum absolute atomic E-state index is 12.2. The Hall–Kier alpha value is -1.31. The fraction of sp³-hybridized carbons (Fsp3) is 0.467. The first-order valence-corrected chi connectivity index (χ1v) is 9.25. The maximum Gasteiger partial charge on any atom is 0.240 e. The normalized spacial score (nSPS) is 19.3. The Kier molecular flexibility index (Phi) is 4.85. The molecule has 1 fully saturated rings. The zero-order chi connectivity index (χ0) is 15.5. The van der Waals surface area contributed by atoms with Gasteiger partial charge in [-0.1, -0.05) is 0 Å². The van der Waals surface area contributed by atoms with Crippen LogP contribution < -0.4 is 5.32 Å². The first kappa shape index (κ1) is 15.6. The molecule has 7 heteroatoms. The second-order valence-electron chi connectivity index (χ2n) is 5.35. The van der Waals surface area contributed by atoms with E-state index in [2.05, 4.69) is 15.2 Å². The molecule has 0 aliphatic carbocycles. The van der Waals surface area contributed by atoms with Crippen LogP contribution in [0.1, 0.15) is 23.3 Å². The molecule has 5 nitrogen and oxygen atoms in total. The largest absolute Gasteiger partial charge is 0.465 e. The second-order valence-corrected chi connectivity index (χ2v) is 7.36. The number of aryl methyl sites for hydroxylation is 2. The Morgan fingerprint density at radius 2 is 2.36 bits per heavy atom. The summed E-state index contributed by atoms with van der Waals surface area (Å²) in [6.07, 6.45) is 0. The monoisotopic (exact) mass is 337 g/mol. The Morgan fingerprint density at radius 3 is 3.05 bits per heavy atom. The number of nitrogens with zero attached hydrogens (tertiary/aromatic N) is 2. The van der Waals surface area contributed by atoms with Crippen molar-refractivity contribution in [2.45, 2.75) is 19.9 Å². The van der Waals surface area contributed by atoms with Crippen LogP contribution in [0, 0.1) is 13.8 Å². The number of furan rings is 1. The lowest BCUT2D eigenvalue weighted by molar-refractivity contribution is -0.117. The molecule has 118 valence electrons. The van der Waals surface area contributed by atoms with Gasteiger partial charge in [0.1, 0.15) is 11.5 Å². The Balaban J connectivity index is 1.64. The van der Waals surface area contributed by atoms with Crippen LogP contribution in [0.15, 0.2) is 21.9 Å². The summed E-state index contributed by atoms with van der Waals surface area (Å²) < 4.78 is 5.76. The molecule has 2 aromatic rings. The van der Waals surface area contributed by atoms with E-state index in [0.29, 0.717) is 11.7 Å². The van der Waals surface area contributed by atoms with E-state index in [-0.39, 0.29) is 11.9 Å². The van der Waals surface area contributed by atoms with E-state index in [1.54, 1.807) is 0 Å².